The van der Waals surface area contributed by atoms with Crippen molar-refractivity contribution in [2.75, 3.05) is 12.8 Å². The second-order valence-electron chi connectivity index (χ2n) is 3.31. The van der Waals surface area contributed by atoms with Gasteiger partial charge in [0.25, 0.3) is 0 Å². The van der Waals surface area contributed by atoms with Crippen molar-refractivity contribution in [3.63, 3.8) is 0 Å². The molecule has 7 nitrogen and oxygen atoms in total. The molecule has 0 spiro atoms. The van der Waals surface area contributed by atoms with Crippen LogP contribution in [-0.2, 0) is 16.1 Å². The number of nitrogens with zero attached hydrogens (tertiary/aromatic N) is 4. The molecule has 118 valence electrons. The fraction of sp³-hybridized carbons (Fsp3) is 0.538. The number of imidazole rings is 1. The molecule has 2 aromatic rings. The van der Waals surface area contributed by atoms with E-state index in [1.807, 2.05) is 27.7 Å². The van der Waals surface area contributed by atoms with Crippen LogP contribution < -0.4 is 5.73 Å². The van der Waals surface area contributed by atoms with Crippen molar-refractivity contribution >= 4 is 34.6 Å². The van der Waals surface area contributed by atoms with Crippen LogP contribution in [0.3, 0.4) is 0 Å². The van der Waals surface area contributed by atoms with Crippen LogP contribution in [0.4, 0.5) is 5.82 Å². The number of ether oxygens (including phenoxy) is 1. The van der Waals surface area contributed by atoms with Gasteiger partial charge in [-0.2, -0.15) is 9.97 Å². The summed E-state index contributed by atoms with van der Waals surface area (Å²) >= 11 is 5.71. The SMILES string of the molecule is CC.CC.COC(=O)CCn1cnc2c(N)nc(Cl)nc21. The van der Waals surface area contributed by atoms with Gasteiger partial charge >= 0.3 is 5.97 Å². The summed E-state index contributed by atoms with van der Waals surface area (Å²) in [4.78, 5) is 22.9. The van der Waals surface area contributed by atoms with Crippen molar-refractivity contribution in [1.82, 2.24) is 19.5 Å². The number of esters is 1. The van der Waals surface area contributed by atoms with Gasteiger partial charge in [0.15, 0.2) is 11.5 Å². The molecular formula is C13H22ClN5O2. The van der Waals surface area contributed by atoms with E-state index in [2.05, 4.69) is 19.7 Å². The normalized spacial score (nSPS) is 9.24. The minimum absolute atomic E-state index is 0.0508. The van der Waals surface area contributed by atoms with E-state index in [0.29, 0.717) is 17.7 Å². The molecule has 0 amide bonds. The van der Waals surface area contributed by atoms with Crippen LogP contribution in [0.5, 0.6) is 0 Å². The molecule has 2 N–H and O–H groups in total. The topological polar surface area (TPSA) is 95.9 Å². The number of nitrogens with two attached hydrogens (primary N) is 1. The number of hydrogen-bond donors (Lipinski definition) is 1. The van der Waals surface area contributed by atoms with E-state index in [4.69, 9.17) is 17.3 Å². The molecule has 8 heteroatoms. The molecule has 0 aromatic carbocycles. The van der Waals surface area contributed by atoms with Gasteiger partial charge in [0.05, 0.1) is 19.9 Å². The number of carbonyl (C=O) groups excluding carboxylic acids is 1. The zero-order chi connectivity index (χ0) is 16.4. The highest BCUT2D eigenvalue weighted by Crippen LogP contribution is 2.18. The lowest BCUT2D eigenvalue weighted by molar-refractivity contribution is -0.140. The molecule has 0 saturated carbocycles. The fourth-order valence-corrected chi connectivity index (χ4v) is 1.59. The molecule has 2 heterocycles. The Bertz CT molecular complexity index is 571. The van der Waals surface area contributed by atoms with Gasteiger partial charge in [-0.25, -0.2) is 4.98 Å². The van der Waals surface area contributed by atoms with Gasteiger partial charge in [-0.1, -0.05) is 27.7 Å². The van der Waals surface area contributed by atoms with Crippen LogP contribution in [-0.4, -0.2) is 32.6 Å². The number of rotatable bonds is 3. The van der Waals surface area contributed by atoms with Crippen molar-refractivity contribution < 1.29 is 9.53 Å². The van der Waals surface area contributed by atoms with E-state index in [-0.39, 0.29) is 23.5 Å². The van der Waals surface area contributed by atoms with Gasteiger partial charge in [0.2, 0.25) is 5.28 Å². The van der Waals surface area contributed by atoms with Crippen molar-refractivity contribution in [3.8, 4) is 0 Å². The summed E-state index contributed by atoms with van der Waals surface area (Å²) in [6.07, 6.45) is 1.76. The first-order valence-corrected chi connectivity index (χ1v) is 7.20. The number of anilines is 1. The lowest BCUT2D eigenvalue weighted by Gasteiger charge is -2.02. The molecule has 0 saturated heterocycles. The molecule has 0 atom stereocenters. The van der Waals surface area contributed by atoms with Crippen molar-refractivity contribution in [2.24, 2.45) is 0 Å². The van der Waals surface area contributed by atoms with E-state index in [1.165, 1.54) is 13.4 Å². The van der Waals surface area contributed by atoms with Crippen LogP contribution in [0.25, 0.3) is 11.2 Å². The first-order valence-electron chi connectivity index (χ1n) is 6.82. The number of halogens is 1. The Morgan fingerprint density at radius 2 is 1.95 bits per heavy atom. The Morgan fingerprint density at radius 1 is 1.33 bits per heavy atom. The molecular weight excluding hydrogens is 294 g/mol. The van der Waals surface area contributed by atoms with Crippen molar-refractivity contribution in [1.29, 1.82) is 0 Å². The number of carbonyl (C=O) groups is 1. The third-order valence-corrected chi connectivity index (χ3v) is 2.42. The number of hydrogen-bond acceptors (Lipinski definition) is 6. The van der Waals surface area contributed by atoms with Crippen LogP contribution in [0.1, 0.15) is 34.1 Å². The maximum atomic E-state index is 11.0. The van der Waals surface area contributed by atoms with Gasteiger partial charge in [-0.15, -0.1) is 0 Å². The Balaban J connectivity index is 0.000000921. The molecule has 0 radical (unpaired) electrons. The van der Waals surface area contributed by atoms with Gasteiger partial charge < -0.3 is 15.0 Å². The Labute approximate surface area is 129 Å². The largest absolute Gasteiger partial charge is 0.469 e. The number of aromatic nitrogens is 4. The van der Waals surface area contributed by atoms with Crippen LogP contribution in [0, 0.1) is 0 Å². The average molecular weight is 316 g/mol. The summed E-state index contributed by atoms with van der Waals surface area (Å²) in [5, 5.41) is 0.0508. The zero-order valence-electron chi connectivity index (χ0n) is 13.1. The Kier molecular flexibility index (Phi) is 9.03. The lowest BCUT2D eigenvalue weighted by Crippen LogP contribution is -2.07. The Hall–Kier alpha value is -1.89. The van der Waals surface area contributed by atoms with E-state index < -0.39 is 0 Å². The third kappa shape index (κ3) is 5.18. The highest BCUT2D eigenvalue weighted by molar-refractivity contribution is 6.28. The molecule has 0 fully saturated rings. The number of methoxy groups -OCH3 is 1. The average Bonchev–Trinajstić information content (AvgIpc) is 2.92. The third-order valence-electron chi connectivity index (χ3n) is 2.25. The summed E-state index contributed by atoms with van der Waals surface area (Å²) in [5.41, 5.74) is 6.63. The van der Waals surface area contributed by atoms with E-state index >= 15 is 0 Å². The Morgan fingerprint density at radius 3 is 2.52 bits per heavy atom. The smallest absolute Gasteiger partial charge is 0.307 e. The van der Waals surface area contributed by atoms with Gasteiger partial charge in [0.1, 0.15) is 5.52 Å². The molecule has 0 bridgehead atoms. The van der Waals surface area contributed by atoms with Crippen molar-refractivity contribution in [3.05, 3.63) is 11.6 Å². The van der Waals surface area contributed by atoms with Gasteiger partial charge in [0, 0.05) is 6.54 Å². The predicted molar refractivity (Wildman–Crippen MR) is 84.1 cm³/mol. The molecule has 21 heavy (non-hydrogen) atoms. The van der Waals surface area contributed by atoms with Gasteiger partial charge in [-0.3, -0.25) is 4.79 Å². The predicted octanol–water partition coefficient (Wildman–Crippen LogP) is 2.68. The summed E-state index contributed by atoms with van der Waals surface area (Å²) in [6.45, 7) is 8.40. The molecule has 0 aliphatic rings. The molecule has 0 aliphatic carbocycles. The van der Waals surface area contributed by atoms with Crippen LogP contribution in [0.15, 0.2) is 6.33 Å². The highest BCUT2D eigenvalue weighted by atomic mass is 35.5. The van der Waals surface area contributed by atoms with Gasteiger partial charge in [-0.05, 0) is 11.6 Å². The number of aryl methyl sites for hydroxylation is 1. The maximum Gasteiger partial charge on any atom is 0.307 e. The highest BCUT2D eigenvalue weighted by Gasteiger charge is 2.11. The second kappa shape index (κ2) is 9.93. The minimum Gasteiger partial charge on any atom is -0.469 e. The first kappa shape index (κ1) is 19.1. The number of fused-ring (bicyclic) bond motifs is 1. The lowest BCUT2D eigenvalue weighted by atomic mass is 10.4. The monoisotopic (exact) mass is 315 g/mol. The molecule has 2 aromatic heterocycles. The second-order valence-corrected chi connectivity index (χ2v) is 3.65. The summed E-state index contributed by atoms with van der Waals surface area (Å²) < 4.78 is 6.23. The number of nitrogen functional groups attached to an aromatic ring is 1. The van der Waals surface area contributed by atoms with Crippen molar-refractivity contribution in [2.45, 2.75) is 40.7 Å². The first-order chi connectivity index (χ1) is 10.1. The maximum absolute atomic E-state index is 11.0. The summed E-state index contributed by atoms with van der Waals surface area (Å²) in [5.74, 6) is -0.0863. The van der Waals surface area contributed by atoms with Crippen LogP contribution >= 0.6 is 11.6 Å². The van der Waals surface area contributed by atoms with E-state index in [9.17, 15) is 4.79 Å². The molecule has 0 unspecified atom stereocenters. The molecule has 0 aliphatic heterocycles. The minimum atomic E-state index is -0.306. The quantitative estimate of drug-likeness (QED) is 0.691. The summed E-state index contributed by atoms with van der Waals surface area (Å²) in [6, 6.07) is 0. The molecule has 2 rings (SSSR count). The fourth-order valence-electron chi connectivity index (χ4n) is 1.42. The van der Waals surface area contributed by atoms with E-state index in [1.54, 1.807) is 4.57 Å². The zero-order valence-corrected chi connectivity index (χ0v) is 13.8. The van der Waals surface area contributed by atoms with Crippen LogP contribution in [0.2, 0.25) is 5.28 Å². The van der Waals surface area contributed by atoms with E-state index in [0.717, 1.165) is 0 Å². The summed E-state index contributed by atoms with van der Waals surface area (Å²) in [7, 11) is 1.34. The standard InChI is InChI=1S/C9H10ClN5O2.2C2H6/c1-17-5(16)2-3-15-4-12-6-7(11)13-9(10)14-8(6)15;2*1-2/h4H,2-3H2,1H3,(H2,11,13,14);2*1-2H3.